The number of aryl methyl sites for hydroxylation is 1. The molecular weight excluding hydrogens is 312 g/mol. The van der Waals surface area contributed by atoms with Crippen molar-refractivity contribution in [2.24, 2.45) is 0 Å². The summed E-state index contributed by atoms with van der Waals surface area (Å²) in [4.78, 5) is 29.3. The molecule has 0 bridgehead atoms. The van der Waals surface area contributed by atoms with Gasteiger partial charge in [0.2, 0.25) is 0 Å². The highest BCUT2D eigenvalue weighted by Crippen LogP contribution is 2.16. The van der Waals surface area contributed by atoms with Gasteiger partial charge in [-0.05, 0) is 37.3 Å². The Morgan fingerprint density at radius 3 is 3.04 bits per heavy atom. The number of carbonyl (C=O) groups is 1. The second-order valence-corrected chi connectivity index (χ2v) is 6.64. The van der Waals surface area contributed by atoms with Gasteiger partial charge in [-0.15, -0.1) is 0 Å². The topological polar surface area (TPSA) is 61.2 Å². The van der Waals surface area contributed by atoms with E-state index >= 15 is 0 Å². The monoisotopic (exact) mass is 332 g/mol. The fraction of sp³-hybridized carbons (Fsp3) is 0.471. The molecule has 5 nitrogen and oxygen atoms in total. The van der Waals surface area contributed by atoms with E-state index in [2.05, 4.69) is 4.98 Å². The summed E-state index contributed by atoms with van der Waals surface area (Å²) in [6.45, 7) is 1.12. The number of nitrogens with zero attached hydrogens (tertiary/aromatic N) is 2. The third kappa shape index (κ3) is 3.42. The lowest BCUT2D eigenvalue weighted by atomic mass is 10.1. The number of benzene rings is 1. The maximum Gasteiger partial charge on any atom is 0.338 e. The molecule has 6 heteroatoms. The largest absolute Gasteiger partial charge is 0.461 e. The van der Waals surface area contributed by atoms with Gasteiger partial charge in [-0.3, -0.25) is 9.36 Å². The van der Waals surface area contributed by atoms with Crippen LogP contribution in [-0.2, 0) is 17.7 Å². The number of carbonyl (C=O) groups excluding carboxylic acids is 1. The van der Waals surface area contributed by atoms with Gasteiger partial charge >= 0.3 is 5.97 Å². The molecule has 1 aromatic heterocycles. The number of hydrogen-bond donors (Lipinski definition) is 0. The number of thioether (sulfide) groups is 1. The zero-order chi connectivity index (χ0) is 16.2. The molecule has 0 spiro atoms. The van der Waals surface area contributed by atoms with Crippen LogP contribution in [0.25, 0.3) is 10.9 Å². The van der Waals surface area contributed by atoms with Crippen molar-refractivity contribution in [2.45, 2.75) is 32.2 Å². The van der Waals surface area contributed by atoms with Gasteiger partial charge in [0.15, 0.2) is 0 Å². The summed E-state index contributed by atoms with van der Waals surface area (Å²) in [7, 11) is 0. The minimum atomic E-state index is -0.363. The van der Waals surface area contributed by atoms with Crippen molar-refractivity contribution in [3.05, 3.63) is 39.9 Å². The smallest absolute Gasteiger partial charge is 0.338 e. The van der Waals surface area contributed by atoms with E-state index in [1.165, 1.54) is 0 Å². The summed E-state index contributed by atoms with van der Waals surface area (Å²) in [5.74, 6) is 1.23. The van der Waals surface area contributed by atoms with E-state index in [-0.39, 0.29) is 11.5 Å². The van der Waals surface area contributed by atoms with Gasteiger partial charge < -0.3 is 4.74 Å². The van der Waals surface area contributed by atoms with Crippen LogP contribution in [0.5, 0.6) is 0 Å². The van der Waals surface area contributed by atoms with Crippen LogP contribution < -0.4 is 5.56 Å². The van der Waals surface area contributed by atoms with E-state index in [4.69, 9.17) is 4.74 Å². The summed E-state index contributed by atoms with van der Waals surface area (Å²) in [5.41, 5.74) is 1.03. The molecule has 23 heavy (non-hydrogen) atoms. The zero-order valence-electron chi connectivity index (χ0n) is 13.2. The van der Waals surface area contributed by atoms with E-state index in [0.717, 1.165) is 43.8 Å². The zero-order valence-corrected chi connectivity index (χ0v) is 14.0. The number of fused-ring (bicyclic) bond motifs is 2. The maximum absolute atomic E-state index is 12.6. The first-order chi connectivity index (χ1) is 11.2. The van der Waals surface area contributed by atoms with E-state index in [1.807, 2.05) is 6.26 Å². The first kappa shape index (κ1) is 16.1. The molecular formula is C17H20N2O3S. The summed E-state index contributed by atoms with van der Waals surface area (Å²) in [5, 5.41) is 0.566. The summed E-state index contributed by atoms with van der Waals surface area (Å²) in [6, 6.07) is 5.01. The van der Waals surface area contributed by atoms with Crippen LogP contribution in [0, 0.1) is 0 Å². The minimum Gasteiger partial charge on any atom is -0.461 e. The summed E-state index contributed by atoms with van der Waals surface area (Å²) in [6.07, 6.45) is 5.96. The van der Waals surface area contributed by atoms with Crippen LogP contribution in [0.15, 0.2) is 23.0 Å². The molecule has 1 aromatic carbocycles. The fourth-order valence-corrected chi connectivity index (χ4v) is 3.10. The number of hydrogen-bond acceptors (Lipinski definition) is 5. The average Bonchev–Trinajstić information content (AvgIpc) is 2.80. The Balaban J connectivity index is 1.96. The number of ether oxygens (including phenoxy) is 1. The van der Waals surface area contributed by atoms with E-state index in [9.17, 15) is 9.59 Å². The molecule has 3 rings (SSSR count). The molecule has 0 amide bonds. The van der Waals surface area contributed by atoms with Gasteiger partial charge in [-0.2, -0.15) is 11.8 Å². The van der Waals surface area contributed by atoms with Gasteiger partial charge in [0.1, 0.15) is 12.4 Å². The SMILES string of the molecule is CSCCOC(=O)c1ccc2c(=O)n3c(nc2c1)CCCCC3. The Morgan fingerprint density at radius 1 is 1.35 bits per heavy atom. The molecule has 0 fully saturated rings. The third-order valence-electron chi connectivity index (χ3n) is 4.07. The van der Waals surface area contributed by atoms with Crippen molar-refractivity contribution in [3.8, 4) is 0 Å². The van der Waals surface area contributed by atoms with Crippen molar-refractivity contribution in [3.63, 3.8) is 0 Å². The summed E-state index contributed by atoms with van der Waals surface area (Å²) < 4.78 is 6.99. The predicted molar refractivity (Wildman–Crippen MR) is 92.2 cm³/mol. The number of aromatic nitrogens is 2. The average molecular weight is 332 g/mol. The highest BCUT2D eigenvalue weighted by Gasteiger charge is 2.15. The van der Waals surface area contributed by atoms with Gasteiger partial charge in [0.25, 0.3) is 5.56 Å². The molecule has 2 aromatic rings. The standard InChI is InChI=1S/C17H20N2O3S/c1-23-10-9-22-17(21)12-6-7-13-14(11-12)18-15-5-3-2-4-8-19(15)16(13)20/h6-7,11H,2-5,8-10H2,1H3. The summed E-state index contributed by atoms with van der Waals surface area (Å²) >= 11 is 1.63. The van der Waals surface area contributed by atoms with Crippen molar-refractivity contribution >= 4 is 28.6 Å². The van der Waals surface area contributed by atoms with E-state index in [1.54, 1.807) is 34.5 Å². The van der Waals surface area contributed by atoms with Crippen molar-refractivity contribution in [1.29, 1.82) is 0 Å². The Kier molecular flexibility index (Phi) is 5.00. The number of rotatable bonds is 4. The highest BCUT2D eigenvalue weighted by molar-refractivity contribution is 7.98. The molecule has 122 valence electrons. The second-order valence-electron chi connectivity index (χ2n) is 5.66. The lowest BCUT2D eigenvalue weighted by Crippen LogP contribution is -2.24. The lowest BCUT2D eigenvalue weighted by molar-refractivity contribution is 0.0530. The van der Waals surface area contributed by atoms with Crippen LogP contribution in [0.2, 0.25) is 0 Å². The maximum atomic E-state index is 12.6. The molecule has 0 aliphatic carbocycles. The Bertz CT molecular complexity index is 785. The minimum absolute atomic E-state index is 0.00537. The molecule has 0 saturated heterocycles. The van der Waals surface area contributed by atoms with Crippen molar-refractivity contribution < 1.29 is 9.53 Å². The normalized spacial score (nSPS) is 14.3. The molecule has 0 radical (unpaired) electrons. The molecule has 0 atom stereocenters. The van der Waals surface area contributed by atoms with Crippen LogP contribution in [0.4, 0.5) is 0 Å². The second kappa shape index (κ2) is 7.17. The molecule has 1 aliphatic rings. The van der Waals surface area contributed by atoms with E-state index < -0.39 is 0 Å². The van der Waals surface area contributed by atoms with E-state index in [0.29, 0.717) is 23.1 Å². The molecule has 2 heterocycles. The lowest BCUT2D eigenvalue weighted by Gasteiger charge is -2.10. The van der Waals surface area contributed by atoms with Crippen molar-refractivity contribution in [2.75, 3.05) is 18.6 Å². The highest BCUT2D eigenvalue weighted by atomic mass is 32.2. The van der Waals surface area contributed by atoms with Crippen LogP contribution in [0.1, 0.15) is 35.4 Å². The Morgan fingerprint density at radius 2 is 2.22 bits per heavy atom. The van der Waals surface area contributed by atoms with Crippen LogP contribution in [-0.4, -0.2) is 34.1 Å². The van der Waals surface area contributed by atoms with Gasteiger partial charge in [-0.25, -0.2) is 9.78 Å². The van der Waals surface area contributed by atoms with Gasteiger partial charge in [-0.1, -0.05) is 6.42 Å². The van der Waals surface area contributed by atoms with Gasteiger partial charge in [0.05, 0.1) is 16.5 Å². The number of esters is 1. The first-order valence-corrected chi connectivity index (χ1v) is 9.29. The fourth-order valence-electron chi connectivity index (χ4n) is 2.85. The quantitative estimate of drug-likeness (QED) is 0.636. The molecule has 0 unspecified atom stereocenters. The van der Waals surface area contributed by atoms with Gasteiger partial charge in [0, 0.05) is 18.7 Å². The third-order valence-corrected chi connectivity index (χ3v) is 4.65. The van der Waals surface area contributed by atoms with Crippen LogP contribution in [0.3, 0.4) is 0 Å². The first-order valence-electron chi connectivity index (χ1n) is 7.90. The Hall–Kier alpha value is -1.82. The molecule has 1 aliphatic heterocycles. The van der Waals surface area contributed by atoms with Crippen molar-refractivity contribution in [1.82, 2.24) is 9.55 Å². The molecule has 0 N–H and O–H groups in total. The van der Waals surface area contributed by atoms with Crippen LogP contribution >= 0.6 is 11.8 Å². The predicted octanol–water partition coefficient (Wildman–Crippen LogP) is 2.64. The Labute approximate surface area is 139 Å². The molecule has 0 saturated carbocycles.